The topological polar surface area (TPSA) is 92.8 Å². The molecule has 0 fully saturated rings. The Balaban J connectivity index is 1.44. The van der Waals surface area contributed by atoms with E-state index < -0.39 is 12.5 Å². The Morgan fingerprint density at radius 1 is 1.14 bits per heavy atom. The van der Waals surface area contributed by atoms with E-state index >= 15 is 0 Å². The summed E-state index contributed by atoms with van der Waals surface area (Å²) in [5, 5.41) is 12.0. The lowest BCUT2D eigenvalue weighted by Crippen LogP contribution is -2.16. The van der Waals surface area contributed by atoms with Crippen LogP contribution in [0.3, 0.4) is 0 Å². The number of amides is 1. The van der Waals surface area contributed by atoms with Gasteiger partial charge in [0, 0.05) is 10.9 Å². The minimum Gasteiger partial charge on any atom is -0.433 e. The van der Waals surface area contributed by atoms with Crippen LogP contribution in [0.15, 0.2) is 53.7 Å². The van der Waals surface area contributed by atoms with Crippen LogP contribution >= 0.6 is 11.8 Å². The molecule has 2 heterocycles. The second kappa shape index (κ2) is 7.77. The number of carbonyl (C=O) groups excluding carboxylic acids is 1. The normalized spacial score (nSPS) is 11.2. The minimum absolute atomic E-state index is 0.0174. The number of thioether (sulfide) groups is 1. The number of hydrogen-bond acceptors (Lipinski definition) is 6. The number of alkyl halides is 2. The van der Waals surface area contributed by atoms with Crippen molar-refractivity contribution in [3.63, 3.8) is 0 Å². The number of carbonyl (C=O) groups is 1. The first-order valence-corrected chi connectivity index (χ1v) is 9.16. The predicted octanol–water partition coefficient (Wildman–Crippen LogP) is 3.84. The molecule has 28 heavy (non-hydrogen) atoms. The molecule has 0 radical (unpaired) electrons. The van der Waals surface area contributed by atoms with E-state index in [-0.39, 0.29) is 17.2 Å². The van der Waals surface area contributed by atoms with Gasteiger partial charge in [-0.25, -0.2) is 4.98 Å². The number of fused-ring (bicyclic) bond motifs is 3. The molecule has 0 spiro atoms. The summed E-state index contributed by atoms with van der Waals surface area (Å²) in [6, 6.07) is 13.6. The molecule has 4 aromatic rings. The van der Waals surface area contributed by atoms with Gasteiger partial charge in [0.05, 0.1) is 11.4 Å². The Hall–Kier alpha value is -3.27. The Bertz CT molecular complexity index is 1150. The molecule has 7 nitrogen and oxygen atoms in total. The summed E-state index contributed by atoms with van der Waals surface area (Å²) in [4.78, 5) is 19.7. The monoisotopic (exact) mass is 401 g/mol. The Kier molecular flexibility index (Phi) is 5.02. The van der Waals surface area contributed by atoms with E-state index in [1.54, 1.807) is 6.07 Å². The number of anilines is 1. The van der Waals surface area contributed by atoms with Gasteiger partial charge in [0.15, 0.2) is 5.65 Å². The molecule has 0 aliphatic heterocycles. The van der Waals surface area contributed by atoms with Gasteiger partial charge in [-0.05, 0) is 18.2 Å². The van der Waals surface area contributed by atoms with Crippen molar-refractivity contribution in [3.8, 4) is 5.75 Å². The van der Waals surface area contributed by atoms with E-state index in [0.717, 1.165) is 22.7 Å². The van der Waals surface area contributed by atoms with Crippen molar-refractivity contribution in [2.75, 3.05) is 11.1 Å². The SMILES string of the molecule is O=C(CSc1nnc2c(n1)[nH]c1ccccc12)Nc1ccccc1OC(F)F. The van der Waals surface area contributed by atoms with E-state index in [2.05, 4.69) is 30.2 Å². The molecule has 142 valence electrons. The van der Waals surface area contributed by atoms with Crippen molar-refractivity contribution in [1.29, 1.82) is 0 Å². The van der Waals surface area contributed by atoms with Gasteiger partial charge in [0.25, 0.3) is 0 Å². The molecule has 0 aliphatic carbocycles. The summed E-state index contributed by atoms with van der Waals surface area (Å²) in [5.41, 5.74) is 2.30. The quantitative estimate of drug-likeness (QED) is 0.477. The van der Waals surface area contributed by atoms with E-state index in [4.69, 9.17) is 0 Å². The maximum atomic E-state index is 12.4. The molecule has 0 bridgehead atoms. The first-order chi connectivity index (χ1) is 13.6. The molecule has 0 atom stereocenters. The van der Waals surface area contributed by atoms with Crippen LogP contribution in [0, 0.1) is 0 Å². The van der Waals surface area contributed by atoms with Crippen molar-refractivity contribution in [1.82, 2.24) is 20.2 Å². The average molecular weight is 401 g/mol. The Morgan fingerprint density at radius 3 is 2.79 bits per heavy atom. The maximum Gasteiger partial charge on any atom is 0.387 e. The number of ether oxygens (including phenoxy) is 1. The van der Waals surface area contributed by atoms with Crippen molar-refractivity contribution < 1.29 is 18.3 Å². The molecule has 0 saturated heterocycles. The summed E-state index contributed by atoms with van der Waals surface area (Å²) in [6.07, 6.45) is 0. The molecule has 0 unspecified atom stereocenters. The molecule has 0 saturated carbocycles. The third-order valence-corrected chi connectivity index (χ3v) is 4.65. The van der Waals surface area contributed by atoms with E-state index in [9.17, 15) is 13.6 Å². The zero-order valence-corrected chi connectivity index (χ0v) is 15.0. The molecule has 2 aromatic carbocycles. The van der Waals surface area contributed by atoms with Crippen LogP contribution in [-0.2, 0) is 4.79 Å². The van der Waals surface area contributed by atoms with E-state index in [0.29, 0.717) is 16.3 Å². The largest absolute Gasteiger partial charge is 0.433 e. The first-order valence-electron chi connectivity index (χ1n) is 8.18. The van der Waals surface area contributed by atoms with Crippen molar-refractivity contribution in [2.24, 2.45) is 0 Å². The van der Waals surface area contributed by atoms with Gasteiger partial charge in [-0.1, -0.05) is 42.1 Å². The number of hydrogen-bond donors (Lipinski definition) is 2. The fraction of sp³-hybridized carbons (Fsp3) is 0.111. The van der Waals surface area contributed by atoms with Crippen molar-refractivity contribution in [2.45, 2.75) is 11.8 Å². The van der Waals surface area contributed by atoms with Gasteiger partial charge in [0.2, 0.25) is 11.1 Å². The molecule has 10 heteroatoms. The summed E-state index contributed by atoms with van der Waals surface area (Å²) in [7, 11) is 0. The van der Waals surface area contributed by atoms with Crippen LogP contribution in [0.1, 0.15) is 0 Å². The van der Waals surface area contributed by atoms with Gasteiger partial charge in [-0.15, -0.1) is 10.2 Å². The zero-order valence-electron chi connectivity index (χ0n) is 14.2. The molecular formula is C18H13F2N5O2S. The number of aromatic nitrogens is 4. The first kappa shape index (κ1) is 18.1. The number of rotatable bonds is 6. The number of H-pyrrole nitrogens is 1. The number of nitrogens with zero attached hydrogens (tertiary/aromatic N) is 3. The van der Waals surface area contributed by atoms with Crippen LogP contribution in [0.2, 0.25) is 0 Å². The van der Waals surface area contributed by atoms with Crippen LogP contribution < -0.4 is 10.1 Å². The van der Waals surface area contributed by atoms with Crippen LogP contribution in [0.5, 0.6) is 5.75 Å². The van der Waals surface area contributed by atoms with E-state index in [1.807, 2.05) is 24.3 Å². The summed E-state index contributed by atoms with van der Waals surface area (Å²) < 4.78 is 29.3. The summed E-state index contributed by atoms with van der Waals surface area (Å²) >= 11 is 1.09. The highest BCUT2D eigenvalue weighted by molar-refractivity contribution is 7.99. The second-order valence-corrected chi connectivity index (χ2v) is 6.62. The number of nitrogens with one attached hydrogen (secondary N) is 2. The van der Waals surface area contributed by atoms with E-state index in [1.165, 1.54) is 18.2 Å². The zero-order chi connectivity index (χ0) is 19.5. The Labute approximate surface area is 161 Å². The highest BCUT2D eigenvalue weighted by atomic mass is 32.2. The maximum absolute atomic E-state index is 12.4. The standard InChI is InChI=1S/C18H13F2N5O2S/c19-17(20)27-13-8-4-3-7-12(13)21-14(26)9-28-18-23-16-15(24-25-18)10-5-1-2-6-11(10)22-16/h1-8,17H,9H2,(H,21,26)(H,22,23,25). The lowest BCUT2D eigenvalue weighted by molar-refractivity contribution is -0.113. The van der Waals surface area contributed by atoms with Crippen molar-refractivity contribution >= 4 is 45.4 Å². The number of benzene rings is 2. The molecule has 1 amide bonds. The molecular weight excluding hydrogens is 388 g/mol. The number of para-hydroxylation sites is 3. The molecule has 4 rings (SSSR count). The van der Waals surface area contributed by atoms with Gasteiger partial charge in [0.1, 0.15) is 11.3 Å². The predicted molar refractivity (Wildman–Crippen MR) is 102 cm³/mol. The lowest BCUT2D eigenvalue weighted by atomic mass is 10.2. The third-order valence-electron chi connectivity index (χ3n) is 3.81. The van der Waals surface area contributed by atoms with Gasteiger partial charge >= 0.3 is 6.61 Å². The number of halogens is 2. The highest BCUT2D eigenvalue weighted by Crippen LogP contribution is 2.26. The van der Waals surface area contributed by atoms with Crippen LogP contribution in [-0.4, -0.2) is 38.4 Å². The average Bonchev–Trinajstić information content (AvgIpc) is 3.05. The van der Waals surface area contributed by atoms with Crippen LogP contribution in [0.4, 0.5) is 14.5 Å². The molecule has 2 N–H and O–H groups in total. The van der Waals surface area contributed by atoms with Gasteiger partial charge < -0.3 is 15.0 Å². The fourth-order valence-electron chi connectivity index (χ4n) is 2.65. The summed E-state index contributed by atoms with van der Waals surface area (Å²) in [6.45, 7) is -2.98. The van der Waals surface area contributed by atoms with Crippen LogP contribution in [0.25, 0.3) is 22.1 Å². The van der Waals surface area contributed by atoms with Gasteiger partial charge in [-0.2, -0.15) is 8.78 Å². The minimum atomic E-state index is -2.98. The van der Waals surface area contributed by atoms with Gasteiger partial charge in [-0.3, -0.25) is 4.79 Å². The summed E-state index contributed by atoms with van der Waals surface area (Å²) in [5.74, 6) is -0.528. The second-order valence-electron chi connectivity index (χ2n) is 5.67. The smallest absolute Gasteiger partial charge is 0.387 e. The lowest BCUT2D eigenvalue weighted by Gasteiger charge is -2.11. The molecule has 2 aromatic heterocycles. The molecule has 0 aliphatic rings. The van der Waals surface area contributed by atoms with Crippen molar-refractivity contribution in [3.05, 3.63) is 48.5 Å². The number of aromatic amines is 1. The third kappa shape index (κ3) is 3.86. The fourth-order valence-corrected chi connectivity index (χ4v) is 3.24. The Morgan fingerprint density at radius 2 is 1.93 bits per heavy atom. The highest BCUT2D eigenvalue weighted by Gasteiger charge is 2.13.